The topological polar surface area (TPSA) is 15.6 Å². The van der Waals surface area contributed by atoms with Gasteiger partial charge in [-0.05, 0) is 16.7 Å². The molecule has 0 amide bonds. The third kappa shape index (κ3) is 4.82. The van der Waals surface area contributed by atoms with Gasteiger partial charge < -0.3 is 0 Å². The third-order valence-corrected chi connectivity index (χ3v) is 3.59. The zero-order valence-corrected chi connectivity index (χ0v) is 13.0. The van der Waals surface area contributed by atoms with Crippen molar-refractivity contribution < 1.29 is 0 Å². The molecular formula is C21H20N2. The molecule has 2 nitrogen and oxygen atoms in total. The number of rotatable bonds is 6. The number of hydrogen-bond donors (Lipinski definition) is 0. The van der Waals surface area contributed by atoms with Gasteiger partial charge in [-0.3, -0.25) is 5.01 Å². The monoisotopic (exact) mass is 300 g/mol. The van der Waals surface area contributed by atoms with Crippen molar-refractivity contribution in [2.24, 2.45) is 5.10 Å². The van der Waals surface area contributed by atoms with Crippen LogP contribution in [-0.4, -0.2) is 11.2 Å². The molecule has 0 N–H and O–H groups in total. The SMILES string of the molecule is C(=N\N(Cc1ccccc1)Cc1ccccc1)/c1ccccc1. The summed E-state index contributed by atoms with van der Waals surface area (Å²) < 4.78 is 0. The van der Waals surface area contributed by atoms with E-state index in [-0.39, 0.29) is 0 Å². The molecule has 0 bridgehead atoms. The van der Waals surface area contributed by atoms with Crippen molar-refractivity contribution in [1.82, 2.24) is 5.01 Å². The van der Waals surface area contributed by atoms with Gasteiger partial charge in [0.15, 0.2) is 0 Å². The Hall–Kier alpha value is -2.87. The first-order valence-corrected chi connectivity index (χ1v) is 7.82. The molecule has 0 aliphatic carbocycles. The number of hydrazone groups is 1. The van der Waals surface area contributed by atoms with Crippen molar-refractivity contribution in [1.29, 1.82) is 0 Å². The van der Waals surface area contributed by atoms with Gasteiger partial charge in [0.25, 0.3) is 0 Å². The molecule has 23 heavy (non-hydrogen) atoms. The summed E-state index contributed by atoms with van der Waals surface area (Å²) in [7, 11) is 0. The third-order valence-electron chi connectivity index (χ3n) is 3.59. The maximum absolute atomic E-state index is 4.69. The highest BCUT2D eigenvalue weighted by atomic mass is 15.4. The van der Waals surface area contributed by atoms with E-state index in [1.54, 1.807) is 0 Å². The highest BCUT2D eigenvalue weighted by Gasteiger charge is 2.03. The van der Waals surface area contributed by atoms with Crippen LogP contribution in [0.3, 0.4) is 0 Å². The van der Waals surface area contributed by atoms with Crippen molar-refractivity contribution in [3.05, 3.63) is 108 Å². The van der Waals surface area contributed by atoms with E-state index < -0.39 is 0 Å². The fraction of sp³-hybridized carbons (Fsp3) is 0.0952. The number of hydrogen-bond acceptors (Lipinski definition) is 2. The highest BCUT2D eigenvalue weighted by Crippen LogP contribution is 2.10. The molecule has 3 aromatic rings. The summed E-state index contributed by atoms with van der Waals surface area (Å²) in [6.07, 6.45) is 1.92. The molecule has 0 unspecified atom stereocenters. The van der Waals surface area contributed by atoms with Crippen LogP contribution >= 0.6 is 0 Å². The predicted octanol–water partition coefficient (Wildman–Crippen LogP) is 4.72. The summed E-state index contributed by atoms with van der Waals surface area (Å²) in [4.78, 5) is 0. The first-order chi connectivity index (χ1) is 11.4. The van der Waals surface area contributed by atoms with Gasteiger partial charge in [-0.15, -0.1) is 0 Å². The van der Waals surface area contributed by atoms with E-state index in [2.05, 4.69) is 65.7 Å². The minimum atomic E-state index is 0.791. The van der Waals surface area contributed by atoms with E-state index in [1.165, 1.54) is 11.1 Å². The second-order valence-corrected chi connectivity index (χ2v) is 5.45. The van der Waals surface area contributed by atoms with Crippen LogP contribution < -0.4 is 0 Å². The second-order valence-electron chi connectivity index (χ2n) is 5.45. The maximum Gasteiger partial charge on any atom is 0.0614 e. The van der Waals surface area contributed by atoms with E-state index >= 15 is 0 Å². The number of nitrogens with zero attached hydrogens (tertiary/aromatic N) is 2. The number of benzene rings is 3. The molecule has 0 radical (unpaired) electrons. The maximum atomic E-state index is 4.69. The van der Waals surface area contributed by atoms with Crippen LogP contribution in [0.2, 0.25) is 0 Å². The molecule has 0 spiro atoms. The molecule has 0 aromatic heterocycles. The van der Waals surface area contributed by atoms with Crippen molar-refractivity contribution >= 4 is 6.21 Å². The summed E-state index contributed by atoms with van der Waals surface area (Å²) in [5.74, 6) is 0. The minimum absolute atomic E-state index is 0.791. The molecular weight excluding hydrogens is 280 g/mol. The Morgan fingerprint density at radius 1 is 0.609 bits per heavy atom. The molecule has 0 aliphatic heterocycles. The lowest BCUT2D eigenvalue weighted by atomic mass is 10.2. The van der Waals surface area contributed by atoms with Gasteiger partial charge in [0, 0.05) is 0 Å². The van der Waals surface area contributed by atoms with Crippen LogP contribution in [0.4, 0.5) is 0 Å². The fourth-order valence-corrected chi connectivity index (χ4v) is 2.41. The van der Waals surface area contributed by atoms with Crippen molar-refractivity contribution in [3.8, 4) is 0 Å². The average Bonchev–Trinajstić information content (AvgIpc) is 2.62. The molecule has 3 aromatic carbocycles. The van der Waals surface area contributed by atoms with Crippen LogP contribution in [0.15, 0.2) is 96.1 Å². The van der Waals surface area contributed by atoms with E-state index in [9.17, 15) is 0 Å². The normalized spacial score (nSPS) is 10.8. The molecule has 0 atom stereocenters. The van der Waals surface area contributed by atoms with E-state index in [1.807, 2.05) is 36.5 Å². The zero-order chi connectivity index (χ0) is 15.7. The first-order valence-electron chi connectivity index (χ1n) is 7.82. The molecule has 0 saturated heterocycles. The van der Waals surface area contributed by atoms with Gasteiger partial charge in [-0.2, -0.15) is 5.10 Å². The van der Waals surface area contributed by atoms with Crippen molar-refractivity contribution in [2.75, 3.05) is 0 Å². The van der Waals surface area contributed by atoms with Crippen molar-refractivity contribution in [2.45, 2.75) is 13.1 Å². The molecule has 114 valence electrons. The zero-order valence-electron chi connectivity index (χ0n) is 13.0. The summed E-state index contributed by atoms with van der Waals surface area (Å²) in [6.45, 7) is 1.58. The van der Waals surface area contributed by atoms with Crippen LogP contribution in [0.1, 0.15) is 16.7 Å². The Labute approximate surface area is 137 Å². The second kappa shape index (κ2) is 7.95. The van der Waals surface area contributed by atoms with Gasteiger partial charge in [0.05, 0.1) is 19.3 Å². The summed E-state index contributed by atoms with van der Waals surface area (Å²) in [5, 5.41) is 6.79. The van der Waals surface area contributed by atoms with Crippen LogP contribution in [0.25, 0.3) is 0 Å². The van der Waals surface area contributed by atoms with Crippen LogP contribution in [0.5, 0.6) is 0 Å². The highest BCUT2D eigenvalue weighted by molar-refractivity contribution is 5.79. The standard InChI is InChI=1S/C21H20N2/c1-4-10-19(11-5-1)16-22-23(17-20-12-6-2-7-13-20)18-21-14-8-3-9-15-21/h1-16H,17-18H2/b22-16+. The van der Waals surface area contributed by atoms with E-state index in [0.717, 1.165) is 18.7 Å². The molecule has 3 rings (SSSR count). The summed E-state index contributed by atoms with van der Waals surface area (Å²) in [5.41, 5.74) is 3.63. The smallest absolute Gasteiger partial charge is 0.0614 e. The summed E-state index contributed by atoms with van der Waals surface area (Å²) >= 11 is 0. The fourth-order valence-electron chi connectivity index (χ4n) is 2.41. The lowest BCUT2D eigenvalue weighted by Gasteiger charge is -2.19. The Morgan fingerprint density at radius 2 is 1.04 bits per heavy atom. The minimum Gasteiger partial charge on any atom is -0.288 e. The lowest BCUT2D eigenvalue weighted by Crippen LogP contribution is -2.17. The van der Waals surface area contributed by atoms with Gasteiger partial charge >= 0.3 is 0 Å². The largest absolute Gasteiger partial charge is 0.288 e. The molecule has 0 heterocycles. The molecule has 0 fully saturated rings. The van der Waals surface area contributed by atoms with Crippen LogP contribution in [-0.2, 0) is 13.1 Å². The summed E-state index contributed by atoms with van der Waals surface area (Å²) in [6, 6.07) is 31.1. The van der Waals surface area contributed by atoms with Crippen molar-refractivity contribution in [3.63, 3.8) is 0 Å². The van der Waals surface area contributed by atoms with Gasteiger partial charge in [0.1, 0.15) is 0 Å². The van der Waals surface area contributed by atoms with Gasteiger partial charge in [-0.25, -0.2) is 0 Å². The van der Waals surface area contributed by atoms with Gasteiger partial charge in [0.2, 0.25) is 0 Å². The molecule has 2 heteroatoms. The molecule has 0 aliphatic rings. The predicted molar refractivity (Wildman–Crippen MR) is 96.2 cm³/mol. The quantitative estimate of drug-likeness (QED) is 0.475. The van der Waals surface area contributed by atoms with Gasteiger partial charge in [-0.1, -0.05) is 91.0 Å². The first kappa shape index (κ1) is 15.0. The Bertz CT molecular complexity index is 680. The van der Waals surface area contributed by atoms with E-state index in [4.69, 9.17) is 5.10 Å². The Morgan fingerprint density at radius 3 is 1.52 bits per heavy atom. The molecule has 0 saturated carbocycles. The van der Waals surface area contributed by atoms with Crippen LogP contribution in [0, 0.1) is 0 Å². The Balaban J connectivity index is 1.76. The van der Waals surface area contributed by atoms with E-state index in [0.29, 0.717) is 0 Å². The Kier molecular flexibility index (Phi) is 5.20. The average molecular weight is 300 g/mol. The lowest BCUT2D eigenvalue weighted by molar-refractivity contribution is 0.272.